The molecule has 1 heterocycles. The lowest BCUT2D eigenvalue weighted by atomic mass is 10.2. The van der Waals surface area contributed by atoms with E-state index < -0.39 is 12.4 Å². The lowest BCUT2D eigenvalue weighted by Crippen LogP contribution is -2.31. The summed E-state index contributed by atoms with van der Waals surface area (Å²) >= 11 is 5.76. The minimum Gasteiger partial charge on any atom is -0.434 e. The smallest absolute Gasteiger partial charge is 0.387 e. The van der Waals surface area contributed by atoms with Gasteiger partial charge in [-0.2, -0.15) is 8.78 Å². The van der Waals surface area contributed by atoms with E-state index in [-0.39, 0.29) is 23.3 Å². The van der Waals surface area contributed by atoms with Crippen molar-refractivity contribution in [1.82, 2.24) is 4.90 Å². The molecule has 1 saturated heterocycles. The number of ether oxygens (including phenoxy) is 1. The number of anilines is 1. The van der Waals surface area contributed by atoms with Crippen LogP contribution in [-0.2, 0) is 6.54 Å². The summed E-state index contributed by atoms with van der Waals surface area (Å²) in [7, 11) is 0. The Morgan fingerprint density at radius 1 is 1.16 bits per heavy atom. The molecular weight excluding hydrogens is 357 g/mol. The number of halogens is 4. The van der Waals surface area contributed by atoms with E-state index in [1.165, 1.54) is 34.1 Å². The topological polar surface area (TPSA) is 32.8 Å². The fourth-order valence-corrected chi connectivity index (χ4v) is 2.85. The van der Waals surface area contributed by atoms with Gasteiger partial charge in [0.05, 0.1) is 11.6 Å². The molecule has 2 aromatic rings. The largest absolute Gasteiger partial charge is 0.434 e. The monoisotopic (exact) mass is 370 g/mol. The average Bonchev–Trinajstić information content (AvgIpc) is 2.92. The van der Waals surface area contributed by atoms with Gasteiger partial charge in [-0.05, 0) is 24.3 Å². The van der Waals surface area contributed by atoms with Crippen LogP contribution in [0.4, 0.5) is 23.7 Å². The Balaban J connectivity index is 1.76. The Hall–Kier alpha value is -2.41. The van der Waals surface area contributed by atoms with E-state index in [4.69, 9.17) is 11.6 Å². The lowest BCUT2D eigenvalue weighted by Gasteiger charge is -2.20. The second-order valence-electron chi connectivity index (χ2n) is 5.44. The number of rotatable bonds is 5. The van der Waals surface area contributed by atoms with Crippen LogP contribution in [0.25, 0.3) is 0 Å². The summed E-state index contributed by atoms with van der Waals surface area (Å²) in [5.41, 5.74) is 0.964. The number of alkyl halides is 2. The van der Waals surface area contributed by atoms with Gasteiger partial charge in [0, 0.05) is 24.3 Å². The lowest BCUT2D eigenvalue weighted by molar-refractivity contribution is -0.0506. The quantitative estimate of drug-likeness (QED) is 0.775. The summed E-state index contributed by atoms with van der Waals surface area (Å²) in [4.78, 5) is 15.5. The predicted molar refractivity (Wildman–Crippen MR) is 87.6 cm³/mol. The van der Waals surface area contributed by atoms with Gasteiger partial charge < -0.3 is 9.64 Å². The van der Waals surface area contributed by atoms with Crippen molar-refractivity contribution in [2.24, 2.45) is 0 Å². The van der Waals surface area contributed by atoms with Gasteiger partial charge in [-0.1, -0.05) is 29.8 Å². The summed E-state index contributed by atoms with van der Waals surface area (Å²) in [5.74, 6) is -0.527. The van der Waals surface area contributed by atoms with E-state index in [9.17, 15) is 18.0 Å². The maximum absolute atomic E-state index is 13.3. The van der Waals surface area contributed by atoms with Crippen LogP contribution in [0.2, 0.25) is 5.02 Å². The second-order valence-corrected chi connectivity index (χ2v) is 5.85. The molecule has 2 aromatic carbocycles. The molecule has 0 saturated carbocycles. The van der Waals surface area contributed by atoms with Crippen LogP contribution in [0.1, 0.15) is 5.56 Å². The number of carbonyl (C=O) groups is 1. The summed E-state index contributed by atoms with van der Waals surface area (Å²) in [6.45, 7) is -2.02. The van der Waals surface area contributed by atoms with E-state index in [1.54, 1.807) is 18.2 Å². The molecule has 0 bridgehead atoms. The molecule has 2 amide bonds. The third kappa shape index (κ3) is 3.82. The fourth-order valence-electron chi connectivity index (χ4n) is 2.67. The van der Waals surface area contributed by atoms with Crippen LogP contribution < -0.4 is 9.64 Å². The van der Waals surface area contributed by atoms with Gasteiger partial charge in [0.15, 0.2) is 0 Å². The minimum atomic E-state index is -2.94. The van der Waals surface area contributed by atoms with Crippen molar-refractivity contribution in [1.29, 1.82) is 0 Å². The zero-order chi connectivity index (χ0) is 18.0. The van der Waals surface area contributed by atoms with Crippen molar-refractivity contribution in [3.8, 4) is 5.75 Å². The molecule has 3 rings (SSSR count). The number of amides is 2. The van der Waals surface area contributed by atoms with Gasteiger partial charge in [-0.15, -0.1) is 0 Å². The summed E-state index contributed by atoms with van der Waals surface area (Å²) in [6.07, 6.45) is 0. The van der Waals surface area contributed by atoms with Crippen molar-refractivity contribution in [3.63, 3.8) is 0 Å². The van der Waals surface area contributed by atoms with E-state index >= 15 is 0 Å². The minimum absolute atomic E-state index is 0.0357. The molecule has 4 nitrogen and oxygen atoms in total. The van der Waals surface area contributed by atoms with Crippen LogP contribution in [-0.4, -0.2) is 30.6 Å². The van der Waals surface area contributed by atoms with E-state index in [2.05, 4.69) is 4.74 Å². The molecule has 1 aliphatic rings. The van der Waals surface area contributed by atoms with Crippen molar-refractivity contribution < 1.29 is 22.7 Å². The molecule has 0 aromatic heterocycles. The van der Waals surface area contributed by atoms with Crippen LogP contribution in [0.3, 0.4) is 0 Å². The third-order valence-electron chi connectivity index (χ3n) is 3.86. The molecule has 0 spiro atoms. The number of urea groups is 1. The normalized spacial score (nSPS) is 14.5. The molecule has 0 aliphatic carbocycles. The number of hydrogen-bond acceptors (Lipinski definition) is 2. The Kier molecular flexibility index (Phi) is 5.03. The van der Waals surface area contributed by atoms with Gasteiger partial charge >= 0.3 is 12.6 Å². The zero-order valence-corrected chi connectivity index (χ0v) is 13.7. The Morgan fingerprint density at radius 3 is 2.64 bits per heavy atom. The summed E-state index contributed by atoms with van der Waals surface area (Å²) in [6, 6.07) is 10.1. The molecule has 0 N–H and O–H groups in total. The number of hydrogen-bond donors (Lipinski definition) is 0. The summed E-state index contributed by atoms with van der Waals surface area (Å²) < 4.78 is 42.7. The highest BCUT2D eigenvalue weighted by atomic mass is 35.5. The maximum Gasteiger partial charge on any atom is 0.387 e. The first-order valence-corrected chi connectivity index (χ1v) is 7.87. The standard InChI is InChI=1S/C17H14ClF3N2O2/c18-13-9-12(5-6-14(13)19)23-8-7-22(17(23)24)10-11-3-1-2-4-15(11)25-16(20)21/h1-6,9,16H,7-8,10H2. The van der Waals surface area contributed by atoms with E-state index in [0.717, 1.165) is 0 Å². The van der Waals surface area contributed by atoms with Crippen LogP contribution in [0, 0.1) is 5.82 Å². The highest BCUT2D eigenvalue weighted by molar-refractivity contribution is 6.31. The SMILES string of the molecule is O=C1N(Cc2ccccc2OC(F)F)CCN1c1ccc(F)c(Cl)c1. The highest BCUT2D eigenvalue weighted by Crippen LogP contribution is 2.28. The van der Waals surface area contributed by atoms with Gasteiger partial charge in [-0.25, -0.2) is 9.18 Å². The van der Waals surface area contributed by atoms with Crippen molar-refractivity contribution in [2.45, 2.75) is 13.2 Å². The molecule has 1 aliphatic heterocycles. The van der Waals surface area contributed by atoms with Gasteiger partial charge in [-0.3, -0.25) is 4.90 Å². The van der Waals surface area contributed by atoms with Crippen molar-refractivity contribution >= 4 is 23.3 Å². The molecule has 8 heteroatoms. The van der Waals surface area contributed by atoms with Gasteiger partial charge in [0.1, 0.15) is 11.6 Å². The Bertz CT molecular complexity index is 788. The number of para-hydroxylation sites is 1. The Labute approximate surface area is 147 Å². The third-order valence-corrected chi connectivity index (χ3v) is 4.15. The van der Waals surface area contributed by atoms with E-state index in [1.807, 2.05) is 0 Å². The number of benzene rings is 2. The van der Waals surface area contributed by atoms with Crippen molar-refractivity contribution in [3.05, 3.63) is 58.9 Å². The zero-order valence-electron chi connectivity index (χ0n) is 13.0. The van der Waals surface area contributed by atoms with Crippen LogP contribution >= 0.6 is 11.6 Å². The molecule has 1 fully saturated rings. The number of carbonyl (C=O) groups excluding carboxylic acids is 1. The summed E-state index contributed by atoms with van der Waals surface area (Å²) in [5, 5.41) is -0.0700. The van der Waals surface area contributed by atoms with Crippen molar-refractivity contribution in [2.75, 3.05) is 18.0 Å². The molecule has 132 valence electrons. The molecular formula is C17H14ClF3N2O2. The Morgan fingerprint density at radius 2 is 1.92 bits per heavy atom. The molecule has 0 radical (unpaired) electrons. The first-order chi connectivity index (χ1) is 12.0. The average molecular weight is 371 g/mol. The van der Waals surface area contributed by atoms with Gasteiger partial charge in [0.2, 0.25) is 0 Å². The van der Waals surface area contributed by atoms with E-state index in [0.29, 0.717) is 24.3 Å². The van der Waals surface area contributed by atoms with Gasteiger partial charge in [0.25, 0.3) is 0 Å². The maximum atomic E-state index is 13.3. The second kappa shape index (κ2) is 7.23. The number of nitrogens with zero attached hydrogens (tertiary/aromatic N) is 2. The van der Waals surface area contributed by atoms with Crippen LogP contribution in [0.5, 0.6) is 5.75 Å². The highest BCUT2D eigenvalue weighted by Gasteiger charge is 2.30. The molecule has 0 atom stereocenters. The molecule has 25 heavy (non-hydrogen) atoms. The first kappa shape index (κ1) is 17.4. The first-order valence-electron chi connectivity index (χ1n) is 7.50. The molecule has 0 unspecified atom stereocenters. The predicted octanol–water partition coefficient (Wildman–Crippen LogP) is 4.52. The fraction of sp³-hybridized carbons (Fsp3) is 0.235. The van der Waals surface area contributed by atoms with Crippen LogP contribution in [0.15, 0.2) is 42.5 Å².